The normalized spacial score (nSPS) is 28.1. The molecule has 1 fully saturated rings. The average Bonchev–Trinajstić information content (AvgIpc) is 2.33. The standard InChI is InChI=1S/C14H21BrN2O/c1-10-3-2-6-14(8-10,9-18)17-13-5-4-11(15)7-12(13)16/h4-5,7,10,17-18H,2-3,6,8-9,16H2,1H3. The third-order valence-corrected chi connectivity index (χ3v) is 4.30. The van der Waals surface area contributed by atoms with Gasteiger partial charge in [-0.1, -0.05) is 35.7 Å². The summed E-state index contributed by atoms with van der Waals surface area (Å²) >= 11 is 3.40. The zero-order valence-electron chi connectivity index (χ0n) is 10.7. The van der Waals surface area contributed by atoms with Crippen molar-refractivity contribution in [2.75, 3.05) is 17.7 Å². The van der Waals surface area contributed by atoms with Crippen molar-refractivity contribution in [2.45, 2.75) is 38.1 Å². The molecule has 0 radical (unpaired) electrons. The first-order valence-corrected chi connectivity index (χ1v) is 7.28. The number of nitrogens with two attached hydrogens (primary N) is 1. The van der Waals surface area contributed by atoms with Gasteiger partial charge in [0.1, 0.15) is 0 Å². The van der Waals surface area contributed by atoms with Crippen LogP contribution in [0.4, 0.5) is 11.4 Å². The Morgan fingerprint density at radius 3 is 2.94 bits per heavy atom. The maximum absolute atomic E-state index is 9.75. The van der Waals surface area contributed by atoms with Gasteiger partial charge in [-0.3, -0.25) is 0 Å². The van der Waals surface area contributed by atoms with Crippen LogP contribution in [0.3, 0.4) is 0 Å². The number of halogens is 1. The summed E-state index contributed by atoms with van der Waals surface area (Å²) in [7, 11) is 0. The Bertz CT molecular complexity index is 424. The number of hydrogen-bond donors (Lipinski definition) is 3. The van der Waals surface area contributed by atoms with Crippen LogP contribution >= 0.6 is 15.9 Å². The van der Waals surface area contributed by atoms with Gasteiger partial charge in [-0.25, -0.2) is 0 Å². The van der Waals surface area contributed by atoms with Crippen molar-refractivity contribution >= 4 is 27.3 Å². The van der Waals surface area contributed by atoms with Gasteiger partial charge in [-0.15, -0.1) is 0 Å². The molecule has 0 aromatic heterocycles. The largest absolute Gasteiger partial charge is 0.397 e. The van der Waals surface area contributed by atoms with Crippen molar-refractivity contribution in [2.24, 2.45) is 5.92 Å². The number of nitrogens with one attached hydrogen (secondary N) is 1. The lowest BCUT2D eigenvalue weighted by Gasteiger charge is -2.40. The molecule has 4 N–H and O–H groups in total. The first kappa shape index (κ1) is 13.7. The minimum absolute atomic E-state index is 0.160. The van der Waals surface area contributed by atoms with E-state index in [1.807, 2.05) is 18.2 Å². The summed E-state index contributed by atoms with van der Waals surface area (Å²) in [6, 6.07) is 5.83. The number of benzene rings is 1. The van der Waals surface area contributed by atoms with Gasteiger partial charge in [-0.05, 0) is 37.0 Å². The monoisotopic (exact) mass is 312 g/mol. The molecule has 2 unspecified atom stereocenters. The minimum Gasteiger partial charge on any atom is -0.397 e. The Hall–Kier alpha value is -0.740. The highest BCUT2D eigenvalue weighted by atomic mass is 79.9. The molecule has 4 heteroatoms. The molecule has 1 aliphatic rings. The molecule has 0 bridgehead atoms. The van der Waals surface area contributed by atoms with Gasteiger partial charge in [0, 0.05) is 4.47 Å². The van der Waals surface area contributed by atoms with E-state index in [-0.39, 0.29) is 12.1 Å². The topological polar surface area (TPSA) is 58.3 Å². The van der Waals surface area contributed by atoms with Gasteiger partial charge < -0.3 is 16.2 Å². The van der Waals surface area contributed by atoms with E-state index in [1.54, 1.807) is 0 Å². The molecule has 0 spiro atoms. The molecule has 0 aliphatic heterocycles. The number of aliphatic hydroxyl groups excluding tert-OH is 1. The van der Waals surface area contributed by atoms with Crippen LogP contribution in [0.2, 0.25) is 0 Å². The number of nitrogen functional groups attached to an aromatic ring is 1. The third-order valence-electron chi connectivity index (χ3n) is 3.81. The van der Waals surface area contributed by atoms with Crippen molar-refractivity contribution in [3.63, 3.8) is 0 Å². The second-order valence-electron chi connectivity index (χ2n) is 5.50. The molecule has 2 rings (SSSR count). The maximum atomic E-state index is 9.75. The Kier molecular flexibility index (Phi) is 4.17. The van der Waals surface area contributed by atoms with Gasteiger partial charge in [0.25, 0.3) is 0 Å². The predicted molar refractivity (Wildman–Crippen MR) is 79.6 cm³/mol. The fourth-order valence-electron chi connectivity index (χ4n) is 2.89. The first-order chi connectivity index (χ1) is 8.54. The van der Waals surface area contributed by atoms with Crippen molar-refractivity contribution < 1.29 is 5.11 Å². The van der Waals surface area contributed by atoms with E-state index in [1.165, 1.54) is 6.42 Å². The van der Waals surface area contributed by atoms with E-state index in [9.17, 15) is 5.11 Å². The Morgan fingerprint density at radius 2 is 2.33 bits per heavy atom. The van der Waals surface area contributed by atoms with E-state index < -0.39 is 0 Å². The van der Waals surface area contributed by atoms with Crippen molar-refractivity contribution in [3.05, 3.63) is 22.7 Å². The summed E-state index contributed by atoms with van der Waals surface area (Å²) in [5.41, 5.74) is 7.44. The highest BCUT2D eigenvalue weighted by molar-refractivity contribution is 9.10. The Labute approximate surface area is 117 Å². The summed E-state index contributed by atoms with van der Waals surface area (Å²) in [4.78, 5) is 0. The molecule has 2 atom stereocenters. The van der Waals surface area contributed by atoms with Gasteiger partial charge in [0.2, 0.25) is 0 Å². The number of aliphatic hydroxyl groups is 1. The smallest absolute Gasteiger partial charge is 0.0661 e. The van der Waals surface area contributed by atoms with E-state index in [4.69, 9.17) is 5.73 Å². The zero-order chi connectivity index (χ0) is 13.2. The lowest BCUT2D eigenvalue weighted by atomic mass is 9.76. The second-order valence-corrected chi connectivity index (χ2v) is 6.41. The Balaban J connectivity index is 2.19. The lowest BCUT2D eigenvalue weighted by molar-refractivity contribution is 0.149. The summed E-state index contributed by atoms with van der Waals surface area (Å²) in [5, 5.41) is 13.2. The van der Waals surface area contributed by atoms with Crippen LogP contribution in [-0.2, 0) is 0 Å². The highest BCUT2D eigenvalue weighted by Crippen LogP contribution is 2.36. The second kappa shape index (κ2) is 5.49. The van der Waals surface area contributed by atoms with E-state index in [0.29, 0.717) is 5.92 Å². The van der Waals surface area contributed by atoms with Crippen molar-refractivity contribution in [3.8, 4) is 0 Å². The van der Waals surface area contributed by atoms with E-state index in [0.717, 1.165) is 35.1 Å². The molecule has 0 amide bonds. The summed E-state index contributed by atoms with van der Waals surface area (Å²) in [6.07, 6.45) is 4.41. The van der Waals surface area contributed by atoms with E-state index >= 15 is 0 Å². The van der Waals surface area contributed by atoms with Crippen LogP contribution in [0.25, 0.3) is 0 Å². The minimum atomic E-state index is -0.209. The molecular formula is C14H21BrN2O. The van der Waals surface area contributed by atoms with Crippen LogP contribution in [0.15, 0.2) is 22.7 Å². The molecule has 1 aromatic carbocycles. The number of anilines is 2. The molecule has 1 aromatic rings. The summed E-state index contributed by atoms with van der Waals surface area (Å²) in [6.45, 7) is 2.41. The van der Waals surface area contributed by atoms with Crippen molar-refractivity contribution in [1.29, 1.82) is 0 Å². The lowest BCUT2D eigenvalue weighted by Crippen LogP contribution is -2.46. The number of hydrogen-bond acceptors (Lipinski definition) is 3. The Morgan fingerprint density at radius 1 is 1.56 bits per heavy atom. The van der Waals surface area contributed by atoms with Crippen LogP contribution in [0.1, 0.15) is 32.6 Å². The molecule has 1 saturated carbocycles. The SMILES string of the molecule is CC1CCCC(CO)(Nc2ccc(Br)cc2N)C1. The van der Waals surface area contributed by atoms with Crippen LogP contribution in [0.5, 0.6) is 0 Å². The van der Waals surface area contributed by atoms with E-state index in [2.05, 4.69) is 28.2 Å². The average molecular weight is 313 g/mol. The fraction of sp³-hybridized carbons (Fsp3) is 0.571. The molecule has 1 aliphatic carbocycles. The zero-order valence-corrected chi connectivity index (χ0v) is 12.3. The van der Waals surface area contributed by atoms with Crippen LogP contribution in [-0.4, -0.2) is 17.3 Å². The molecular weight excluding hydrogens is 292 g/mol. The molecule has 100 valence electrons. The van der Waals surface area contributed by atoms with Crippen LogP contribution in [0, 0.1) is 5.92 Å². The van der Waals surface area contributed by atoms with Gasteiger partial charge >= 0.3 is 0 Å². The maximum Gasteiger partial charge on any atom is 0.0661 e. The fourth-order valence-corrected chi connectivity index (χ4v) is 3.27. The third kappa shape index (κ3) is 2.98. The highest BCUT2D eigenvalue weighted by Gasteiger charge is 2.34. The summed E-state index contributed by atoms with van der Waals surface area (Å²) < 4.78 is 0.973. The summed E-state index contributed by atoms with van der Waals surface area (Å²) in [5.74, 6) is 0.648. The first-order valence-electron chi connectivity index (χ1n) is 6.49. The van der Waals surface area contributed by atoms with Gasteiger partial charge in [-0.2, -0.15) is 0 Å². The number of rotatable bonds is 3. The quantitative estimate of drug-likeness (QED) is 0.750. The van der Waals surface area contributed by atoms with Crippen molar-refractivity contribution in [1.82, 2.24) is 0 Å². The predicted octanol–water partition coefficient (Wildman–Crippen LogP) is 3.38. The molecule has 0 saturated heterocycles. The molecule has 18 heavy (non-hydrogen) atoms. The van der Waals surface area contributed by atoms with Gasteiger partial charge in [0.05, 0.1) is 23.5 Å². The molecule has 3 nitrogen and oxygen atoms in total. The molecule has 0 heterocycles. The van der Waals surface area contributed by atoms with Crippen LogP contribution < -0.4 is 11.1 Å². The van der Waals surface area contributed by atoms with Gasteiger partial charge in [0.15, 0.2) is 0 Å².